The molecule has 0 unspecified atom stereocenters. The number of nitrogens with one attached hydrogen (secondary N) is 1. The number of ether oxygens (including phenoxy) is 1. The molecule has 1 heterocycles. The maximum Gasteiger partial charge on any atom is 0.408 e. The predicted molar refractivity (Wildman–Crippen MR) is 85.2 cm³/mol. The molecule has 5 heteroatoms. The van der Waals surface area contributed by atoms with Crippen LogP contribution in [-0.4, -0.2) is 11.7 Å². The molecule has 2 rings (SSSR count). The van der Waals surface area contributed by atoms with E-state index in [1.165, 1.54) is 12.3 Å². The Kier molecular flexibility index (Phi) is 5.32. The maximum absolute atomic E-state index is 13.5. The van der Waals surface area contributed by atoms with Gasteiger partial charge in [0.05, 0.1) is 0 Å². The molecule has 1 aromatic carbocycles. The van der Waals surface area contributed by atoms with E-state index in [1.54, 1.807) is 31.4 Å². The molecule has 0 fully saturated rings. The van der Waals surface area contributed by atoms with Crippen LogP contribution in [0.25, 0.3) is 0 Å². The molecule has 0 saturated carbocycles. The molecule has 0 radical (unpaired) electrons. The number of carbonyl (C=O) groups excluding carboxylic acids is 1. The fourth-order valence-corrected chi connectivity index (χ4v) is 2.11. The Morgan fingerprint density at radius 1 is 1.17 bits per heavy atom. The van der Waals surface area contributed by atoms with Crippen molar-refractivity contribution in [2.24, 2.45) is 0 Å². The van der Waals surface area contributed by atoms with Gasteiger partial charge in [-0.05, 0) is 26.8 Å². The van der Waals surface area contributed by atoms with Crippen LogP contribution in [0.5, 0.6) is 0 Å². The van der Waals surface area contributed by atoms with Gasteiger partial charge in [0, 0.05) is 11.6 Å². The van der Waals surface area contributed by atoms with Crippen LogP contribution < -0.4 is 9.88 Å². The van der Waals surface area contributed by atoms with Crippen molar-refractivity contribution in [1.29, 1.82) is 0 Å². The zero-order valence-electron chi connectivity index (χ0n) is 13.7. The fourth-order valence-electron chi connectivity index (χ4n) is 2.11. The highest BCUT2D eigenvalue weighted by Crippen LogP contribution is 2.07. The average molecular weight is 317 g/mol. The monoisotopic (exact) mass is 317 g/mol. The van der Waals surface area contributed by atoms with E-state index in [0.29, 0.717) is 6.54 Å². The third-order valence-corrected chi connectivity index (χ3v) is 3.09. The first kappa shape index (κ1) is 16.9. The molecule has 0 aliphatic heterocycles. The standard InChI is InChI=1S/C18H21FN2O2/c1-18(2,3)23-17(22)20-11-16-10-9-15(19)13-21(16)12-14-7-5-4-6-8-14/h4-10,13H,11-12H2,1-3H3/p+1. The summed E-state index contributed by atoms with van der Waals surface area (Å²) in [5, 5.41) is 2.70. The van der Waals surface area contributed by atoms with Crippen molar-refractivity contribution in [2.45, 2.75) is 39.5 Å². The zero-order valence-corrected chi connectivity index (χ0v) is 13.7. The van der Waals surface area contributed by atoms with Crippen molar-refractivity contribution in [3.8, 4) is 0 Å². The highest BCUT2D eigenvalue weighted by molar-refractivity contribution is 5.67. The Hall–Kier alpha value is -2.43. The van der Waals surface area contributed by atoms with Gasteiger partial charge >= 0.3 is 6.09 Å². The van der Waals surface area contributed by atoms with E-state index >= 15 is 0 Å². The van der Waals surface area contributed by atoms with Crippen LogP contribution in [0.2, 0.25) is 0 Å². The smallest absolute Gasteiger partial charge is 0.408 e. The fraction of sp³-hybridized carbons (Fsp3) is 0.333. The molecule has 1 amide bonds. The van der Waals surface area contributed by atoms with Gasteiger partial charge in [0.15, 0.2) is 12.4 Å². The second-order valence-electron chi connectivity index (χ2n) is 6.31. The Morgan fingerprint density at radius 2 is 1.87 bits per heavy atom. The van der Waals surface area contributed by atoms with E-state index in [9.17, 15) is 9.18 Å². The number of nitrogens with zero attached hydrogens (tertiary/aromatic N) is 1. The van der Waals surface area contributed by atoms with Crippen LogP contribution in [-0.2, 0) is 17.8 Å². The molecular weight excluding hydrogens is 295 g/mol. The van der Waals surface area contributed by atoms with Crippen LogP contribution >= 0.6 is 0 Å². The summed E-state index contributed by atoms with van der Waals surface area (Å²) in [7, 11) is 0. The highest BCUT2D eigenvalue weighted by Gasteiger charge is 2.18. The van der Waals surface area contributed by atoms with Crippen molar-refractivity contribution >= 4 is 6.09 Å². The highest BCUT2D eigenvalue weighted by atomic mass is 19.1. The summed E-state index contributed by atoms with van der Waals surface area (Å²) in [6, 6.07) is 12.8. The number of aromatic nitrogens is 1. The van der Waals surface area contributed by atoms with Gasteiger partial charge in [-0.3, -0.25) is 0 Å². The summed E-state index contributed by atoms with van der Waals surface area (Å²) in [5.74, 6) is -0.318. The molecular formula is C18H22FN2O2+. The summed E-state index contributed by atoms with van der Waals surface area (Å²) < 4.78 is 20.5. The molecule has 23 heavy (non-hydrogen) atoms. The summed E-state index contributed by atoms with van der Waals surface area (Å²) in [6.07, 6.45) is 0.937. The lowest BCUT2D eigenvalue weighted by Crippen LogP contribution is -2.42. The van der Waals surface area contributed by atoms with Crippen molar-refractivity contribution < 1.29 is 18.5 Å². The molecule has 1 aromatic heterocycles. The van der Waals surface area contributed by atoms with Crippen LogP contribution in [0.1, 0.15) is 32.0 Å². The van der Waals surface area contributed by atoms with Crippen molar-refractivity contribution in [3.63, 3.8) is 0 Å². The van der Waals surface area contributed by atoms with Gasteiger partial charge in [0.2, 0.25) is 11.9 Å². The third-order valence-electron chi connectivity index (χ3n) is 3.09. The molecule has 4 nitrogen and oxygen atoms in total. The third kappa shape index (κ3) is 5.70. The first-order valence-corrected chi connectivity index (χ1v) is 7.52. The molecule has 0 saturated heterocycles. The van der Waals surface area contributed by atoms with Gasteiger partial charge in [-0.1, -0.05) is 30.3 Å². The van der Waals surface area contributed by atoms with E-state index in [4.69, 9.17) is 4.74 Å². The van der Waals surface area contributed by atoms with E-state index in [0.717, 1.165) is 11.3 Å². The van der Waals surface area contributed by atoms with E-state index in [1.807, 2.05) is 30.3 Å². The Morgan fingerprint density at radius 3 is 2.52 bits per heavy atom. The second-order valence-corrected chi connectivity index (χ2v) is 6.31. The van der Waals surface area contributed by atoms with Crippen LogP contribution in [0.15, 0.2) is 48.7 Å². The number of hydrogen-bond acceptors (Lipinski definition) is 2. The van der Waals surface area contributed by atoms with Gasteiger partial charge in [0.1, 0.15) is 12.1 Å². The number of halogens is 1. The Labute approximate surface area is 135 Å². The van der Waals surface area contributed by atoms with E-state index in [2.05, 4.69) is 5.32 Å². The van der Waals surface area contributed by atoms with E-state index in [-0.39, 0.29) is 12.4 Å². The van der Waals surface area contributed by atoms with Crippen molar-refractivity contribution in [2.75, 3.05) is 0 Å². The van der Waals surface area contributed by atoms with Gasteiger partial charge < -0.3 is 10.1 Å². The molecule has 0 atom stereocenters. The number of carbonyl (C=O) groups is 1. The molecule has 2 aromatic rings. The second kappa shape index (κ2) is 7.22. The number of rotatable bonds is 4. The SMILES string of the molecule is CC(C)(C)OC(=O)NCc1ccc(F)c[n+]1Cc1ccccc1. The predicted octanol–water partition coefficient (Wildman–Crippen LogP) is 3.19. The molecule has 0 aliphatic rings. The lowest BCUT2D eigenvalue weighted by Gasteiger charge is -2.19. The summed E-state index contributed by atoms with van der Waals surface area (Å²) in [4.78, 5) is 11.8. The van der Waals surface area contributed by atoms with Crippen LogP contribution in [0.4, 0.5) is 9.18 Å². The lowest BCUT2D eigenvalue weighted by molar-refractivity contribution is -0.697. The molecule has 0 spiro atoms. The number of pyridine rings is 1. The molecule has 0 aliphatic carbocycles. The molecule has 0 bridgehead atoms. The first-order chi connectivity index (χ1) is 10.8. The largest absolute Gasteiger partial charge is 0.444 e. The summed E-state index contributed by atoms with van der Waals surface area (Å²) in [5.41, 5.74) is 1.30. The summed E-state index contributed by atoms with van der Waals surface area (Å²) >= 11 is 0. The minimum absolute atomic E-state index is 0.266. The summed E-state index contributed by atoms with van der Waals surface area (Å²) in [6.45, 7) is 6.21. The number of amides is 1. The zero-order chi connectivity index (χ0) is 16.9. The van der Waals surface area contributed by atoms with Crippen LogP contribution in [0.3, 0.4) is 0 Å². The van der Waals surface area contributed by atoms with E-state index < -0.39 is 11.7 Å². The minimum atomic E-state index is -0.549. The average Bonchev–Trinajstić information content (AvgIpc) is 2.46. The topological polar surface area (TPSA) is 42.2 Å². The number of alkyl carbamates (subject to hydrolysis) is 1. The maximum atomic E-state index is 13.5. The quantitative estimate of drug-likeness (QED) is 0.880. The van der Waals surface area contributed by atoms with Gasteiger partial charge in [-0.15, -0.1) is 0 Å². The van der Waals surface area contributed by atoms with Gasteiger partial charge in [-0.25, -0.2) is 9.18 Å². The van der Waals surface area contributed by atoms with Gasteiger partial charge in [-0.2, -0.15) is 4.57 Å². The van der Waals surface area contributed by atoms with Gasteiger partial charge in [0.25, 0.3) is 0 Å². The normalized spacial score (nSPS) is 11.1. The van der Waals surface area contributed by atoms with Crippen molar-refractivity contribution in [3.05, 3.63) is 65.7 Å². The Balaban J connectivity index is 2.08. The lowest BCUT2D eigenvalue weighted by atomic mass is 10.2. The Bertz CT molecular complexity index is 666. The number of benzene rings is 1. The van der Waals surface area contributed by atoms with Crippen molar-refractivity contribution in [1.82, 2.24) is 5.32 Å². The first-order valence-electron chi connectivity index (χ1n) is 7.52. The van der Waals surface area contributed by atoms with Crippen LogP contribution in [0, 0.1) is 5.82 Å². The minimum Gasteiger partial charge on any atom is -0.444 e. The molecule has 122 valence electrons. The number of hydrogen-bond donors (Lipinski definition) is 1. The molecule has 1 N–H and O–H groups in total.